The second-order valence-electron chi connectivity index (χ2n) is 12.1. The van der Waals surface area contributed by atoms with Crippen molar-refractivity contribution in [3.8, 4) is 5.69 Å². The second kappa shape index (κ2) is 13.1. The van der Waals surface area contributed by atoms with Gasteiger partial charge in [-0.25, -0.2) is 4.79 Å². The molecule has 0 spiro atoms. The smallest absolute Gasteiger partial charge is 0.356 e. The van der Waals surface area contributed by atoms with E-state index in [0.29, 0.717) is 33.0 Å². The third-order valence-corrected chi connectivity index (χ3v) is 8.26. The molecule has 246 valence electrons. The molecule has 0 unspecified atom stereocenters. The number of tetrazole rings is 1. The van der Waals surface area contributed by atoms with Crippen molar-refractivity contribution >= 4 is 69.2 Å². The van der Waals surface area contributed by atoms with Crippen LogP contribution >= 0.6 is 23.2 Å². The normalized spacial score (nSPS) is 14.4. The molecule has 0 saturated carbocycles. The van der Waals surface area contributed by atoms with E-state index in [1.165, 1.54) is 20.8 Å². The van der Waals surface area contributed by atoms with E-state index in [9.17, 15) is 19.2 Å². The Morgan fingerprint density at radius 1 is 0.979 bits per heavy atom. The fourth-order valence-electron chi connectivity index (χ4n) is 5.47. The van der Waals surface area contributed by atoms with Gasteiger partial charge in [0.05, 0.1) is 16.4 Å². The molecule has 3 heterocycles. The molecule has 1 saturated heterocycles. The molecule has 5 aromatic rings. The fourth-order valence-corrected chi connectivity index (χ4v) is 5.92. The Morgan fingerprint density at radius 2 is 1.75 bits per heavy atom. The summed E-state index contributed by atoms with van der Waals surface area (Å²) in [5, 5.41) is 15.1. The summed E-state index contributed by atoms with van der Waals surface area (Å²) in [4.78, 5) is 59.7. The van der Waals surface area contributed by atoms with Crippen LogP contribution in [0.4, 0.5) is 11.4 Å². The zero-order valence-electron chi connectivity index (χ0n) is 26.1. The van der Waals surface area contributed by atoms with Gasteiger partial charge in [-0.1, -0.05) is 53.5 Å². The van der Waals surface area contributed by atoms with Gasteiger partial charge in [-0.15, -0.1) is 5.10 Å². The molecular formula is C33H30Cl2N8O5. The predicted molar refractivity (Wildman–Crippen MR) is 179 cm³/mol. The van der Waals surface area contributed by atoms with Crippen LogP contribution in [0.1, 0.15) is 36.8 Å². The molecule has 6 rings (SSSR count). The summed E-state index contributed by atoms with van der Waals surface area (Å²) < 4.78 is 6.83. The van der Waals surface area contributed by atoms with E-state index in [4.69, 9.17) is 27.9 Å². The number of hydrogen-bond donors (Lipinski definition) is 2. The van der Waals surface area contributed by atoms with Gasteiger partial charge in [0.1, 0.15) is 23.7 Å². The van der Waals surface area contributed by atoms with Crippen LogP contribution in [-0.4, -0.2) is 78.5 Å². The molecule has 1 fully saturated rings. The van der Waals surface area contributed by atoms with Crippen LogP contribution in [0, 0.1) is 0 Å². The van der Waals surface area contributed by atoms with Gasteiger partial charge in [-0.3, -0.25) is 14.4 Å². The van der Waals surface area contributed by atoms with Crippen LogP contribution in [0.15, 0.2) is 73.1 Å². The summed E-state index contributed by atoms with van der Waals surface area (Å²) in [7, 11) is 0. The highest BCUT2D eigenvalue weighted by Gasteiger charge is 2.40. The maximum absolute atomic E-state index is 14.0. The van der Waals surface area contributed by atoms with E-state index in [1.807, 2.05) is 30.3 Å². The molecule has 1 atom stereocenters. The van der Waals surface area contributed by atoms with Crippen molar-refractivity contribution in [2.24, 2.45) is 0 Å². The van der Waals surface area contributed by atoms with Crippen molar-refractivity contribution in [1.82, 2.24) is 30.1 Å². The number of amides is 3. The summed E-state index contributed by atoms with van der Waals surface area (Å²) in [6.07, 6.45) is 1.51. The number of H-pyrrole nitrogens is 1. The number of fused-ring (bicyclic) bond motifs is 1. The minimum atomic E-state index is -1.04. The monoisotopic (exact) mass is 688 g/mol. The summed E-state index contributed by atoms with van der Waals surface area (Å²) in [6.45, 7) is 5.40. The molecular weight excluding hydrogens is 659 g/mol. The van der Waals surface area contributed by atoms with Crippen molar-refractivity contribution in [3.63, 3.8) is 0 Å². The van der Waals surface area contributed by atoms with Crippen LogP contribution in [0.3, 0.4) is 0 Å². The average Bonchev–Trinajstić information content (AvgIpc) is 3.69. The number of ether oxygens (including phenoxy) is 1. The SMILES string of the molecule is CC(C)(C)OC(=O)c1[nH]c2ccc(NC(=O)[C@H](Cc3ccccc3)N3CCN(c4cc(Cl)ccc4-n4cnnn4)C(=O)C3=O)cc2c1Cl. The standard InChI is InChI=1S/C33H30Cl2N8O5/c1-33(2,3)48-32(47)28-27(35)22-17-21(10-11-23(22)38-28)37-29(44)26(15-19-7-5-4-6-8-19)42-14-13-41(30(45)31(42)46)25-16-20(34)9-12-24(25)43-18-36-39-40-43/h4-12,16-18,26,38H,13-15H2,1-3H3,(H,37,44)/t26-/m0/s1. The van der Waals surface area contributed by atoms with Crippen LogP contribution in [0.25, 0.3) is 16.6 Å². The van der Waals surface area contributed by atoms with Crippen molar-refractivity contribution in [1.29, 1.82) is 0 Å². The van der Waals surface area contributed by atoms with Gasteiger partial charge in [0.2, 0.25) is 5.91 Å². The molecule has 2 aromatic heterocycles. The van der Waals surface area contributed by atoms with E-state index in [2.05, 4.69) is 25.8 Å². The Kier molecular flexibility index (Phi) is 8.91. The third-order valence-electron chi connectivity index (χ3n) is 7.63. The maximum atomic E-state index is 14.0. The first kappa shape index (κ1) is 32.7. The number of halogens is 2. The number of nitrogens with one attached hydrogen (secondary N) is 2. The number of rotatable bonds is 8. The number of nitrogens with zero attached hydrogens (tertiary/aromatic N) is 6. The molecule has 1 aliphatic rings. The van der Waals surface area contributed by atoms with Gasteiger partial charge < -0.3 is 24.8 Å². The summed E-state index contributed by atoms with van der Waals surface area (Å²) in [5.74, 6) is -2.81. The molecule has 0 bridgehead atoms. The first-order chi connectivity index (χ1) is 22.9. The molecule has 48 heavy (non-hydrogen) atoms. The minimum Gasteiger partial charge on any atom is -0.455 e. The lowest BCUT2D eigenvalue weighted by Gasteiger charge is -2.38. The number of piperazine rings is 1. The Labute approximate surface area is 284 Å². The molecule has 1 aliphatic heterocycles. The lowest BCUT2D eigenvalue weighted by Crippen LogP contribution is -2.60. The zero-order valence-corrected chi connectivity index (χ0v) is 27.6. The number of aromatic nitrogens is 5. The van der Waals surface area contributed by atoms with Crippen molar-refractivity contribution in [3.05, 3.63) is 94.4 Å². The second-order valence-corrected chi connectivity index (χ2v) is 12.9. The molecule has 13 nitrogen and oxygen atoms in total. The topological polar surface area (TPSA) is 155 Å². The molecule has 3 aromatic carbocycles. The summed E-state index contributed by atoms with van der Waals surface area (Å²) in [5.41, 5.74) is 1.91. The lowest BCUT2D eigenvalue weighted by molar-refractivity contribution is -0.149. The zero-order chi connectivity index (χ0) is 34.2. The number of esters is 1. The quantitative estimate of drug-likeness (QED) is 0.174. The van der Waals surface area contributed by atoms with Gasteiger partial charge in [0.25, 0.3) is 0 Å². The van der Waals surface area contributed by atoms with Gasteiger partial charge in [0, 0.05) is 41.1 Å². The number of aromatic amines is 1. The van der Waals surface area contributed by atoms with E-state index < -0.39 is 35.3 Å². The highest BCUT2D eigenvalue weighted by Crippen LogP contribution is 2.32. The first-order valence-corrected chi connectivity index (χ1v) is 15.7. The average molecular weight is 690 g/mol. The van der Waals surface area contributed by atoms with E-state index in [1.54, 1.807) is 57.2 Å². The van der Waals surface area contributed by atoms with Gasteiger partial charge >= 0.3 is 17.8 Å². The van der Waals surface area contributed by atoms with Crippen LogP contribution in [0.5, 0.6) is 0 Å². The van der Waals surface area contributed by atoms with Crippen molar-refractivity contribution in [2.45, 2.75) is 38.8 Å². The Balaban J connectivity index is 1.27. The van der Waals surface area contributed by atoms with E-state index in [-0.39, 0.29) is 30.2 Å². The number of benzene rings is 3. The third kappa shape index (κ3) is 6.73. The van der Waals surface area contributed by atoms with E-state index >= 15 is 0 Å². The minimum absolute atomic E-state index is 0.0545. The Hall–Kier alpha value is -5.27. The maximum Gasteiger partial charge on any atom is 0.356 e. The molecule has 3 amide bonds. The Morgan fingerprint density at radius 3 is 2.46 bits per heavy atom. The van der Waals surface area contributed by atoms with Crippen molar-refractivity contribution < 1.29 is 23.9 Å². The van der Waals surface area contributed by atoms with Crippen LogP contribution < -0.4 is 10.2 Å². The fraction of sp³-hybridized carbons (Fsp3) is 0.242. The highest BCUT2D eigenvalue weighted by molar-refractivity contribution is 6.42. The van der Waals surface area contributed by atoms with Crippen LogP contribution in [-0.2, 0) is 25.5 Å². The van der Waals surface area contributed by atoms with Gasteiger partial charge in [-0.2, -0.15) is 4.68 Å². The number of anilines is 2. The molecule has 0 radical (unpaired) electrons. The van der Waals surface area contributed by atoms with Gasteiger partial charge in [-0.05, 0) is 73.2 Å². The summed E-state index contributed by atoms with van der Waals surface area (Å²) >= 11 is 12.9. The number of carbonyl (C=O) groups is 4. The number of hydrogen-bond acceptors (Lipinski definition) is 8. The van der Waals surface area contributed by atoms with Crippen LogP contribution in [0.2, 0.25) is 10.0 Å². The Bertz CT molecular complexity index is 2030. The largest absolute Gasteiger partial charge is 0.455 e. The molecule has 2 N–H and O–H groups in total. The predicted octanol–water partition coefficient (Wildman–Crippen LogP) is 4.83. The van der Waals surface area contributed by atoms with Crippen molar-refractivity contribution in [2.75, 3.05) is 23.3 Å². The summed E-state index contributed by atoms with van der Waals surface area (Å²) in [6, 6.07) is 17.9. The molecule has 0 aliphatic carbocycles. The molecule has 15 heteroatoms. The first-order valence-electron chi connectivity index (χ1n) is 14.9. The number of carbonyl (C=O) groups excluding carboxylic acids is 4. The van der Waals surface area contributed by atoms with E-state index in [0.717, 1.165) is 5.56 Å². The lowest BCUT2D eigenvalue weighted by atomic mass is 10.0. The highest BCUT2D eigenvalue weighted by atomic mass is 35.5. The van der Waals surface area contributed by atoms with Gasteiger partial charge in [0.15, 0.2) is 0 Å².